The number of benzene rings is 2. The Labute approximate surface area is 150 Å². The minimum atomic E-state index is 0.621. The van der Waals surface area contributed by atoms with E-state index in [4.69, 9.17) is 39.2 Å². The van der Waals surface area contributed by atoms with Crippen molar-refractivity contribution in [1.82, 2.24) is 0 Å². The van der Waals surface area contributed by atoms with Gasteiger partial charge in [-0.25, -0.2) is 0 Å². The summed E-state index contributed by atoms with van der Waals surface area (Å²) >= 11 is 18.4. The van der Waals surface area contributed by atoms with Crippen LogP contribution in [-0.4, -0.2) is 0 Å². The fourth-order valence-electron chi connectivity index (χ4n) is 2.35. The highest BCUT2D eigenvalue weighted by Crippen LogP contribution is 2.31. The number of furan rings is 1. The predicted molar refractivity (Wildman–Crippen MR) is 94.9 cm³/mol. The zero-order chi connectivity index (χ0) is 16.2. The average molecular weight is 368 g/mol. The lowest BCUT2D eigenvalue weighted by Gasteiger charge is -2.03. The molecule has 0 fully saturated rings. The molecule has 2 N–H and O–H groups in total. The Morgan fingerprint density at radius 2 is 1.65 bits per heavy atom. The number of quaternary nitrogens is 1. The fraction of sp³-hybridized carbons (Fsp3) is 0.111. The third-order valence-corrected chi connectivity index (χ3v) is 4.46. The van der Waals surface area contributed by atoms with Crippen molar-refractivity contribution < 1.29 is 9.73 Å². The van der Waals surface area contributed by atoms with Crippen LogP contribution in [0.3, 0.4) is 0 Å². The Balaban J connectivity index is 1.66. The molecule has 23 heavy (non-hydrogen) atoms. The van der Waals surface area contributed by atoms with Gasteiger partial charge in [0, 0.05) is 21.2 Å². The van der Waals surface area contributed by atoms with Gasteiger partial charge < -0.3 is 9.73 Å². The minimum absolute atomic E-state index is 0.621. The van der Waals surface area contributed by atoms with Gasteiger partial charge in [-0.1, -0.05) is 53.0 Å². The Hall–Kier alpha value is -1.45. The summed E-state index contributed by atoms with van der Waals surface area (Å²) in [5, 5.41) is 4.18. The van der Waals surface area contributed by atoms with Crippen LogP contribution < -0.4 is 5.32 Å². The van der Waals surface area contributed by atoms with Gasteiger partial charge in [-0.05, 0) is 36.4 Å². The van der Waals surface area contributed by atoms with Gasteiger partial charge in [-0.3, -0.25) is 0 Å². The van der Waals surface area contributed by atoms with Crippen molar-refractivity contribution in [3.05, 3.63) is 81.0 Å². The van der Waals surface area contributed by atoms with Gasteiger partial charge in [0.05, 0.1) is 5.02 Å². The Bertz CT molecular complexity index is 814. The Kier molecular flexibility index (Phi) is 5.29. The third kappa shape index (κ3) is 4.10. The standard InChI is InChI=1S/C18H14Cl3NO/c19-13-5-7-17(21)15(9-13)18-8-6-14(23-18)11-22-10-12-3-1-2-4-16(12)20/h1-9,22H,10-11H2/p+1. The van der Waals surface area contributed by atoms with Crippen LogP contribution >= 0.6 is 34.8 Å². The van der Waals surface area contributed by atoms with Crippen LogP contribution in [0.2, 0.25) is 15.1 Å². The molecular weight excluding hydrogens is 353 g/mol. The molecule has 0 aliphatic rings. The molecule has 0 bridgehead atoms. The van der Waals surface area contributed by atoms with Crippen molar-refractivity contribution in [3.63, 3.8) is 0 Å². The topological polar surface area (TPSA) is 29.8 Å². The molecule has 0 atom stereocenters. The van der Waals surface area contributed by atoms with Crippen LogP contribution in [0.25, 0.3) is 11.3 Å². The lowest BCUT2D eigenvalue weighted by molar-refractivity contribution is -0.687. The summed E-state index contributed by atoms with van der Waals surface area (Å²) in [6.07, 6.45) is 0. The van der Waals surface area contributed by atoms with Crippen LogP contribution in [0.4, 0.5) is 0 Å². The quantitative estimate of drug-likeness (QED) is 0.662. The summed E-state index contributed by atoms with van der Waals surface area (Å²) in [5.74, 6) is 1.60. The predicted octanol–water partition coefficient (Wildman–Crippen LogP) is 5.17. The number of nitrogens with two attached hydrogens (primary N) is 1. The summed E-state index contributed by atoms with van der Waals surface area (Å²) < 4.78 is 5.87. The van der Waals surface area contributed by atoms with Crippen molar-refractivity contribution in [3.8, 4) is 11.3 Å². The summed E-state index contributed by atoms with van der Waals surface area (Å²) in [4.78, 5) is 0. The van der Waals surface area contributed by atoms with Gasteiger partial charge in [0.25, 0.3) is 0 Å². The van der Waals surface area contributed by atoms with Crippen LogP contribution in [0.5, 0.6) is 0 Å². The molecule has 0 radical (unpaired) electrons. The zero-order valence-electron chi connectivity index (χ0n) is 12.2. The molecule has 0 aliphatic heterocycles. The molecule has 2 aromatic carbocycles. The summed E-state index contributed by atoms with van der Waals surface area (Å²) in [6.45, 7) is 1.52. The van der Waals surface area contributed by atoms with Crippen molar-refractivity contribution in [2.75, 3.05) is 0 Å². The van der Waals surface area contributed by atoms with Crippen molar-refractivity contribution in [2.45, 2.75) is 13.1 Å². The first-order chi connectivity index (χ1) is 11.1. The highest BCUT2D eigenvalue weighted by atomic mass is 35.5. The SMILES string of the molecule is Clc1ccc(Cl)c(-c2ccc(C[NH2+]Cc3ccccc3Cl)o2)c1. The van der Waals surface area contributed by atoms with E-state index in [2.05, 4.69) is 5.32 Å². The van der Waals surface area contributed by atoms with Gasteiger partial charge in [0.2, 0.25) is 0 Å². The lowest BCUT2D eigenvalue weighted by Crippen LogP contribution is -2.80. The molecule has 0 saturated heterocycles. The second kappa shape index (κ2) is 7.41. The molecule has 1 heterocycles. The summed E-state index contributed by atoms with van der Waals surface area (Å²) in [5.41, 5.74) is 1.91. The summed E-state index contributed by atoms with van der Waals surface area (Å²) in [6, 6.07) is 17.0. The molecule has 5 heteroatoms. The van der Waals surface area contributed by atoms with Gasteiger partial charge in [-0.2, -0.15) is 0 Å². The molecule has 0 saturated carbocycles. The minimum Gasteiger partial charge on any atom is -0.455 e. The monoisotopic (exact) mass is 366 g/mol. The van der Waals surface area contributed by atoms with Gasteiger partial charge in [-0.15, -0.1) is 0 Å². The smallest absolute Gasteiger partial charge is 0.158 e. The summed E-state index contributed by atoms with van der Waals surface area (Å²) in [7, 11) is 0. The van der Waals surface area contributed by atoms with Crippen LogP contribution in [0, 0.1) is 0 Å². The highest BCUT2D eigenvalue weighted by Gasteiger charge is 2.10. The number of rotatable bonds is 5. The van der Waals surface area contributed by atoms with E-state index in [0.717, 1.165) is 40.8 Å². The molecule has 2 nitrogen and oxygen atoms in total. The first-order valence-corrected chi connectivity index (χ1v) is 8.36. The average Bonchev–Trinajstić information content (AvgIpc) is 3.00. The number of halogens is 3. The molecule has 1 aromatic heterocycles. The first-order valence-electron chi connectivity index (χ1n) is 7.22. The maximum Gasteiger partial charge on any atom is 0.158 e. The molecule has 0 amide bonds. The van der Waals surface area contributed by atoms with Crippen molar-refractivity contribution in [1.29, 1.82) is 0 Å². The molecule has 0 unspecified atom stereocenters. The molecule has 0 aliphatic carbocycles. The third-order valence-electron chi connectivity index (χ3n) is 3.52. The van der Waals surface area contributed by atoms with Crippen LogP contribution in [0.15, 0.2) is 59.0 Å². The second-order valence-corrected chi connectivity index (χ2v) is 6.43. The van der Waals surface area contributed by atoms with Crippen LogP contribution in [-0.2, 0) is 13.1 Å². The largest absolute Gasteiger partial charge is 0.455 e. The van der Waals surface area contributed by atoms with Crippen molar-refractivity contribution >= 4 is 34.8 Å². The van der Waals surface area contributed by atoms with Gasteiger partial charge >= 0.3 is 0 Å². The van der Waals surface area contributed by atoms with E-state index in [1.807, 2.05) is 36.4 Å². The van der Waals surface area contributed by atoms with E-state index in [-0.39, 0.29) is 0 Å². The molecule has 118 valence electrons. The van der Waals surface area contributed by atoms with E-state index in [9.17, 15) is 0 Å². The van der Waals surface area contributed by atoms with Gasteiger partial charge in [0.15, 0.2) is 5.76 Å². The Morgan fingerprint density at radius 3 is 2.48 bits per heavy atom. The van der Waals surface area contributed by atoms with Crippen LogP contribution in [0.1, 0.15) is 11.3 Å². The lowest BCUT2D eigenvalue weighted by atomic mass is 10.2. The van der Waals surface area contributed by atoms with E-state index in [1.165, 1.54) is 0 Å². The zero-order valence-corrected chi connectivity index (χ0v) is 14.5. The molecular formula is C18H15Cl3NO+. The maximum absolute atomic E-state index is 6.20. The number of hydrogen-bond acceptors (Lipinski definition) is 1. The van der Waals surface area contributed by atoms with Crippen molar-refractivity contribution in [2.24, 2.45) is 0 Å². The van der Waals surface area contributed by atoms with E-state index in [0.29, 0.717) is 10.0 Å². The molecule has 3 aromatic rings. The Morgan fingerprint density at radius 1 is 0.826 bits per heavy atom. The highest BCUT2D eigenvalue weighted by molar-refractivity contribution is 6.35. The van der Waals surface area contributed by atoms with E-state index >= 15 is 0 Å². The fourth-order valence-corrected chi connectivity index (χ4v) is 2.95. The normalized spacial score (nSPS) is 10.9. The maximum atomic E-state index is 6.20. The van der Waals surface area contributed by atoms with Gasteiger partial charge in [0.1, 0.15) is 18.8 Å². The first kappa shape index (κ1) is 16.4. The second-order valence-electron chi connectivity index (χ2n) is 5.18. The molecule has 0 spiro atoms. The molecule has 3 rings (SSSR count). The number of hydrogen-bond donors (Lipinski definition) is 1. The van der Waals surface area contributed by atoms with E-state index in [1.54, 1.807) is 18.2 Å². The van der Waals surface area contributed by atoms with E-state index < -0.39 is 0 Å².